The zero-order valence-corrected chi connectivity index (χ0v) is 11.8. The fourth-order valence-electron chi connectivity index (χ4n) is 1.36. The first-order valence-corrected chi connectivity index (χ1v) is 6.06. The van der Waals surface area contributed by atoms with Crippen molar-refractivity contribution in [3.05, 3.63) is 17.9 Å². The molecule has 0 saturated carbocycles. The molecule has 0 radical (unpaired) electrons. The van der Waals surface area contributed by atoms with Gasteiger partial charge in [0.15, 0.2) is 0 Å². The smallest absolute Gasteiger partial charge is 0.258 e. The van der Waals surface area contributed by atoms with Crippen molar-refractivity contribution < 1.29 is 0 Å². The highest BCUT2D eigenvalue weighted by molar-refractivity contribution is 6.28. The number of likely N-dealkylation sites (N-methyl/N-ethyl adjacent to an activating group) is 2. The maximum atomic E-state index is 5.91. The van der Waals surface area contributed by atoms with E-state index in [4.69, 9.17) is 11.6 Å². The molecule has 0 N–H and O–H groups in total. The third-order valence-electron chi connectivity index (χ3n) is 2.43. The molecule has 0 amide bonds. The van der Waals surface area contributed by atoms with E-state index < -0.39 is 0 Å². The summed E-state index contributed by atoms with van der Waals surface area (Å²) in [5.41, 5.74) is 0. The van der Waals surface area contributed by atoms with E-state index >= 15 is 0 Å². The summed E-state index contributed by atoms with van der Waals surface area (Å²) in [7, 11) is 5.92. The van der Waals surface area contributed by atoms with E-state index in [1.165, 1.54) is 17.3 Å². The van der Waals surface area contributed by atoms with Crippen LogP contribution in [0, 0.1) is 0 Å². The van der Waals surface area contributed by atoms with Gasteiger partial charge in [0.1, 0.15) is 12.7 Å². The van der Waals surface area contributed by atoms with Crippen molar-refractivity contribution in [2.45, 2.75) is 0 Å². The molecule has 19 heavy (non-hydrogen) atoms. The van der Waals surface area contributed by atoms with Gasteiger partial charge in [-0.2, -0.15) is 24.7 Å². The van der Waals surface area contributed by atoms with E-state index in [9.17, 15) is 0 Å². The second kappa shape index (κ2) is 5.89. The number of halogens is 1. The second-order valence-electron chi connectivity index (χ2n) is 4.27. The molecule has 0 saturated heterocycles. The van der Waals surface area contributed by atoms with Crippen LogP contribution in [0.2, 0.25) is 5.28 Å². The van der Waals surface area contributed by atoms with Crippen LogP contribution in [0.15, 0.2) is 12.7 Å². The Bertz CT molecular complexity index is 526. The van der Waals surface area contributed by atoms with Crippen molar-refractivity contribution in [3.8, 4) is 5.95 Å². The molecule has 0 fully saturated rings. The fourth-order valence-corrected chi connectivity index (χ4v) is 1.52. The van der Waals surface area contributed by atoms with Gasteiger partial charge in [-0.15, -0.1) is 0 Å². The number of nitrogens with zero attached hydrogens (tertiary/aromatic N) is 8. The monoisotopic (exact) mass is 282 g/mol. The number of hydrogen-bond donors (Lipinski definition) is 0. The van der Waals surface area contributed by atoms with Crippen LogP contribution in [0.3, 0.4) is 0 Å². The van der Waals surface area contributed by atoms with Crippen molar-refractivity contribution >= 4 is 17.5 Å². The Hall–Kier alpha value is -1.80. The van der Waals surface area contributed by atoms with E-state index in [0.717, 1.165) is 13.1 Å². The SMILES string of the molecule is CN(C)CCN(C)c1nc(Cl)nc(-n2cncn2)n1. The molecule has 2 aromatic rings. The minimum atomic E-state index is 0.132. The summed E-state index contributed by atoms with van der Waals surface area (Å²) >= 11 is 5.91. The number of anilines is 1. The maximum absolute atomic E-state index is 5.91. The molecule has 8 nitrogen and oxygen atoms in total. The third kappa shape index (κ3) is 3.58. The summed E-state index contributed by atoms with van der Waals surface area (Å²) in [6.07, 6.45) is 2.92. The van der Waals surface area contributed by atoms with Gasteiger partial charge in [0.2, 0.25) is 11.2 Å². The summed E-state index contributed by atoms with van der Waals surface area (Å²) in [6, 6.07) is 0. The minimum Gasteiger partial charge on any atom is -0.342 e. The Labute approximate surface area is 116 Å². The van der Waals surface area contributed by atoms with Crippen LogP contribution in [0.5, 0.6) is 0 Å². The van der Waals surface area contributed by atoms with Gasteiger partial charge in [0.25, 0.3) is 5.95 Å². The quantitative estimate of drug-likeness (QED) is 0.770. The van der Waals surface area contributed by atoms with Gasteiger partial charge in [-0.25, -0.2) is 4.98 Å². The van der Waals surface area contributed by atoms with Gasteiger partial charge < -0.3 is 9.80 Å². The van der Waals surface area contributed by atoms with Crippen molar-refractivity contribution in [3.63, 3.8) is 0 Å². The molecule has 0 unspecified atom stereocenters. The predicted molar refractivity (Wildman–Crippen MR) is 71.6 cm³/mol. The molecule has 102 valence electrons. The van der Waals surface area contributed by atoms with Gasteiger partial charge in [-0.3, -0.25) is 0 Å². The average molecular weight is 283 g/mol. The average Bonchev–Trinajstić information content (AvgIpc) is 2.89. The van der Waals surface area contributed by atoms with Crippen molar-refractivity contribution in [1.29, 1.82) is 0 Å². The molecule has 9 heteroatoms. The van der Waals surface area contributed by atoms with Crippen LogP contribution in [0.25, 0.3) is 5.95 Å². The lowest BCUT2D eigenvalue weighted by molar-refractivity contribution is 0.415. The minimum absolute atomic E-state index is 0.132. The van der Waals surface area contributed by atoms with E-state index in [-0.39, 0.29) is 5.28 Å². The first-order valence-electron chi connectivity index (χ1n) is 5.68. The lowest BCUT2D eigenvalue weighted by Gasteiger charge is -2.19. The maximum Gasteiger partial charge on any atom is 0.258 e. The Morgan fingerprint density at radius 1 is 1.16 bits per heavy atom. The van der Waals surface area contributed by atoms with Crippen LogP contribution < -0.4 is 4.90 Å². The predicted octanol–water partition coefficient (Wildman–Crippen LogP) is 0.103. The van der Waals surface area contributed by atoms with Crippen molar-refractivity contribution in [2.75, 3.05) is 39.1 Å². The standard InChI is InChI=1S/C10H15ClN8/c1-17(2)4-5-18(3)9-14-8(11)15-10(16-9)19-7-12-6-13-19/h6-7H,4-5H2,1-3H3. The third-order valence-corrected chi connectivity index (χ3v) is 2.60. The number of rotatable bonds is 5. The summed E-state index contributed by atoms with van der Waals surface area (Å²) < 4.78 is 1.44. The van der Waals surface area contributed by atoms with Crippen LogP contribution >= 0.6 is 11.6 Å². The second-order valence-corrected chi connectivity index (χ2v) is 4.61. The van der Waals surface area contributed by atoms with Gasteiger partial charge in [-0.05, 0) is 25.7 Å². The lowest BCUT2D eigenvalue weighted by Crippen LogP contribution is -2.30. The Morgan fingerprint density at radius 3 is 2.58 bits per heavy atom. The fraction of sp³-hybridized carbons (Fsp3) is 0.500. The zero-order chi connectivity index (χ0) is 13.8. The molecule has 0 spiro atoms. The van der Waals surface area contributed by atoms with Gasteiger partial charge in [-0.1, -0.05) is 0 Å². The normalized spacial score (nSPS) is 11.0. The first kappa shape index (κ1) is 13.6. The van der Waals surface area contributed by atoms with Gasteiger partial charge >= 0.3 is 0 Å². The molecular formula is C10H15ClN8. The molecule has 0 aliphatic carbocycles. The van der Waals surface area contributed by atoms with Crippen LogP contribution in [-0.2, 0) is 0 Å². The van der Waals surface area contributed by atoms with Gasteiger partial charge in [0, 0.05) is 20.1 Å². The van der Waals surface area contributed by atoms with Crippen molar-refractivity contribution in [1.82, 2.24) is 34.6 Å². The largest absolute Gasteiger partial charge is 0.342 e. The zero-order valence-electron chi connectivity index (χ0n) is 11.0. The molecule has 0 aliphatic rings. The Morgan fingerprint density at radius 2 is 1.95 bits per heavy atom. The molecule has 0 aliphatic heterocycles. The molecule has 0 bridgehead atoms. The van der Waals surface area contributed by atoms with Crippen LogP contribution in [0.1, 0.15) is 0 Å². The van der Waals surface area contributed by atoms with E-state index in [0.29, 0.717) is 11.9 Å². The highest BCUT2D eigenvalue weighted by atomic mass is 35.5. The first-order chi connectivity index (χ1) is 9.06. The molecule has 0 atom stereocenters. The summed E-state index contributed by atoms with van der Waals surface area (Å²) in [6.45, 7) is 1.67. The lowest BCUT2D eigenvalue weighted by atomic mass is 10.5. The van der Waals surface area contributed by atoms with Gasteiger partial charge in [0.05, 0.1) is 0 Å². The molecule has 2 rings (SSSR count). The highest BCUT2D eigenvalue weighted by Crippen LogP contribution is 2.11. The highest BCUT2D eigenvalue weighted by Gasteiger charge is 2.11. The Kier molecular flexibility index (Phi) is 4.23. The van der Waals surface area contributed by atoms with E-state index in [1.807, 2.05) is 26.0 Å². The van der Waals surface area contributed by atoms with Crippen LogP contribution in [0.4, 0.5) is 5.95 Å². The summed E-state index contributed by atoms with van der Waals surface area (Å²) in [5, 5.41) is 4.10. The van der Waals surface area contributed by atoms with Crippen molar-refractivity contribution in [2.24, 2.45) is 0 Å². The van der Waals surface area contributed by atoms with E-state index in [1.54, 1.807) is 0 Å². The van der Waals surface area contributed by atoms with Crippen LogP contribution in [-0.4, -0.2) is 68.8 Å². The Balaban J connectivity index is 2.21. The number of aromatic nitrogens is 6. The number of hydrogen-bond acceptors (Lipinski definition) is 7. The molecular weight excluding hydrogens is 268 g/mol. The summed E-state index contributed by atoms with van der Waals surface area (Å²) in [5.74, 6) is 0.858. The topological polar surface area (TPSA) is 75.9 Å². The molecule has 0 aromatic carbocycles. The van der Waals surface area contributed by atoms with E-state index in [2.05, 4.69) is 29.9 Å². The summed E-state index contributed by atoms with van der Waals surface area (Å²) in [4.78, 5) is 20.3. The molecule has 2 heterocycles. The molecule has 2 aromatic heterocycles.